The van der Waals surface area contributed by atoms with Gasteiger partial charge in [-0.25, -0.2) is 0 Å². The van der Waals surface area contributed by atoms with Gasteiger partial charge in [0, 0.05) is 18.7 Å². The van der Waals surface area contributed by atoms with Crippen LogP contribution in [0.15, 0.2) is 24.3 Å². The van der Waals surface area contributed by atoms with Crippen LogP contribution in [0.3, 0.4) is 0 Å². The Morgan fingerprint density at radius 2 is 1.95 bits per heavy atom. The van der Waals surface area contributed by atoms with Crippen molar-refractivity contribution < 1.29 is 9.84 Å². The number of aliphatic hydroxyl groups is 1. The molecule has 0 aliphatic carbocycles. The minimum atomic E-state index is -0.464. The van der Waals surface area contributed by atoms with Crippen LogP contribution in [0, 0.1) is 0 Å². The Hall–Kier alpha value is -1.10. The van der Waals surface area contributed by atoms with E-state index in [1.807, 2.05) is 24.3 Å². The smallest absolute Gasteiger partial charge is 0.125 e. The molecule has 0 amide bonds. The minimum absolute atomic E-state index is 0.0461. The van der Waals surface area contributed by atoms with Crippen molar-refractivity contribution in [3.63, 3.8) is 0 Å². The number of likely N-dealkylation sites (N-methyl/N-ethyl adjacent to an activating group) is 1. The highest BCUT2D eigenvalue weighted by molar-refractivity contribution is 5.37. The van der Waals surface area contributed by atoms with Gasteiger partial charge in [-0.1, -0.05) is 25.1 Å². The predicted octanol–water partition coefficient (Wildman–Crippen LogP) is 1.75. The van der Waals surface area contributed by atoms with Gasteiger partial charge in [-0.3, -0.25) is 4.90 Å². The van der Waals surface area contributed by atoms with Gasteiger partial charge >= 0.3 is 0 Å². The highest BCUT2D eigenvalue weighted by atomic mass is 16.5. The van der Waals surface area contributed by atoms with Gasteiger partial charge in [0.05, 0.1) is 6.04 Å². The number of aliphatic hydroxyl groups excluding tert-OH is 1. The predicted molar refractivity (Wildman–Crippen MR) is 81.1 cm³/mol. The van der Waals surface area contributed by atoms with Crippen molar-refractivity contribution in [3.8, 4) is 5.75 Å². The highest BCUT2D eigenvalue weighted by Gasteiger charge is 2.33. The lowest BCUT2D eigenvalue weighted by atomic mass is 9.97. The summed E-state index contributed by atoms with van der Waals surface area (Å²) >= 11 is 0. The summed E-state index contributed by atoms with van der Waals surface area (Å²) in [5, 5.41) is 10.6. The molecule has 112 valence electrons. The van der Waals surface area contributed by atoms with E-state index in [0.29, 0.717) is 6.61 Å². The van der Waals surface area contributed by atoms with E-state index in [4.69, 9.17) is 4.74 Å². The van der Waals surface area contributed by atoms with Crippen LogP contribution in [0.25, 0.3) is 0 Å². The van der Waals surface area contributed by atoms with Crippen molar-refractivity contribution in [3.05, 3.63) is 29.8 Å². The molecule has 2 rings (SSSR count). The zero-order chi connectivity index (χ0) is 14.5. The lowest BCUT2D eigenvalue weighted by Crippen LogP contribution is -2.48. The molecule has 1 aliphatic rings. The average molecular weight is 278 g/mol. The third-order valence-electron chi connectivity index (χ3n) is 3.83. The molecule has 0 radical (unpaired) electrons. The first-order valence-electron chi connectivity index (χ1n) is 7.42. The lowest BCUT2D eigenvalue weighted by molar-refractivity contribution is 0.00118. The summed E-state index contributed by atoms with van der Waals surface area (Å²) in [6.45, 7) is 5.67. The van der Waals surface area contributed by atoms with Crippen LogP contribution in [0.4, 0.5) is 0 Å². The third-order valence-corrected chi connectivity index (χ3v) is 3.83. The molecule has 20 heavy (non-hydrogen) atoms. The number of nitrogens with zero attached hydrogens (tertiary/aromatic N) is 2. The van der Waals surface area contributed by atoms with E-state index in [1.54, 1.807) is 0 Å². The number of ether oxygens (including phenoxy) is 1. The molecular weight excluding hydrogens is 252 g/mol. The first kappa shape index (κ1) is 15.3. The van der Waals surface area contributed by atoms with Crippen LogP contribution >= 0.6 is 0 Å². The summed E-state index contributed by atoms with van der Waals surface area (Å²) in [4.78, 5) is 4.52. The number of benzene rings is 1. The molecule has 1 aliphatic heterocycles. The molecular formula is C16H26N2O2. The lowest BCUT2D eigenvalue weighted by Gasteiger charge is -2.38. The minimum Gasteiger partial charge on any atom is -0.491 e. The fourth-order valence-electron chi connectivity index (χ4n) is 2.69. The molecule has 1 aromatic rings. The maximum atomic E-state index is 10.6. The molecule has 0 aromatic heterocycles. The third kappa shape index (κ3) is 3.51. The fourth-order valence-corrected chi connectivity index (χ4v) is 2.69. The van der Waals surface area contributed by atoms with Gasteiger partial charge in [0.1, 0.15) is 18.5 Å². The molecule has 2 unspecified atom stereocenters. The molecule has 0 saturated heterocycles. The fraction of sp³-hybridized carbons (Fsp3) is 0.625. The summed E-state index contributed by atoms with van der Waals surface area (Å²) < 4.78 is 5.83. The van der Waals surface area contributed by atoms with Crippen LogP contribution < -0.4 is 4.74 Å². The van der Waals surface area contributed by atoms with E-state index in [9.17, 15) is 5.11 Å². The highest BCUT2D eigenvalue weighted by Crippen LogP contribution is 2.33. The second kappa shape index (κ2) is 7.07. The Kier molecular flexibility index (Phi) is 5.40. The molecule has 1 heterocycles. The first-order chi connectivity index (χ1) is 9.63. The Morgan fingerprint density at radius 3 is 2.65 bits per heavy atom. The van der Waals surface area contributed by atoms with Crippen molar-refractivity contribution in [1.29, 1.82) is 0 Å². The molecule has 0 spiro atoms. The van der Waals surface area contributed by atoms with E-state index in [0.717, 1.165) is 37.4 Å². The summed E-state index contributed by atoms with van der Waals surface area (Å²) in [6, 6.07) is 7.84. The van der Waals surface area contributed by atoms with Crippen molar-refractivity contribution >= 4 is 0 Å². The van der Waals surface area contributed by atoms with E-state index in [1.165, 1.54) is 0 Å². The molecule has 1 aromatic carbocycles. The number of hydrogen-bond acceptors (Lipinski definition) is 4. The molecule has 0 bridgehead atoms. The number of fused-ring (bicyclic) bond motifs is 1. The van der Waals surface area contributed by atoms with Crippen LogP contribution in [0.5, 0.6) is 5.75 Å². The van der Waals surface area contributed by atoms with Crippen LogP contribution in [0.2, 0.25) is 0 Å². The zero-order valence-electron chi connectivity index (χ0n) is 12.7. The number of hydrogen-bond donors (Lipinski definition) is 1. The van der Waals surface area contributed by atoms with Crippen molar-refractivity contribution in [2.45, 2.75) is 25.5 Å². The van der Waals surface area contributed by atoms with Crippen molar-refractivity contribution in [2.24, 2.45) is 0 Å². The van der Waals surface area contributed by atoms with Crippen molar-refractivity contribution in [1.82, 2.24) is 9.80 Å². The van der Waals surface area contributed by atoms with E-state index in [2.05, 4.69) is 30.8 Å². The summed E-state index contributed by atoms with van der Waals surface area (Å²) in [7, 11) is 4.15. The Balaban J connectivity index is 2.10. The van der Waals surface area contributed by atoms with Crippen LogP contribution in [0.1, 0.15) is 25.0 Å². The molecule has 2 atom stereocenters. The van der Waals surface area contributed by atoms with Crippen LogP contribution in [-0.2, 0) is 0 Å². The van der Waals surface area contributed by atoms with Gasteiger partial charge in [-0.15, -0.1) is 0 Å². The van der Waals surface area contributed by atoms with E-state index < -0.39 is 6.10 Å². The first-order valence-corrected chi connectivity index (χ1v) is 7.42. The molecule has 0 saturated carbocycles. The zero-order valence-corrected chi connectivity index (χ0v) is 12.7. The quantitative estimate of drug-likeness (QED) is 0.860. The molecule has 0 fully saturated rings. The number of para-hydroxylation sites is 1. The van der Waals surface area contributed by atoms with E-state index >= 15 is 0 Å². The largest absolute Gasteiger partial charge is 0.491 e. The standard InChI is InChI=1S/C16H26N2O2/c1-4-9-18(11-10-17(2)3)14-12-20-15-8-6-5-7-13(15)16(14)19/h5-8,14,16,19H,4,9-12H2,1-3H3. The van der Waals surface area contributed by atoms with Crippen LogP contribution in [-0.4, -0.2) is 61.3 Å². The molecule has 4 heteroatoms. The Morgan fingerprint density at radius 1 is 1.20 bits per heavy atom. The Bertz CT molecular complexity index is 423. The number of rotatable bonds is 6. The Labute approximate surface area is 122 Å². The van der Waals surface area contributed by atoms with Crippen molar-refractivity contribution in [2.75, 3.05) is 40.3 Å². The summed E-state index contributed by atoms with van der Waals surface area (Å²) in [5.41, 5.74) is 0.912. The monoisotopic (exact) mass is 278 g/mol. The summed E-state index contributed by atoms with van der Waals surface area (Å²) in [5.74, 6) is 0.820. The van der Waals surface area contributed by atoms with Gasteiger partial charge in [0.25, 0.3) is 0 Å². The van der Waals surface area contributed by atoms with Gasteiger partial charge in [0.2, 0.25) is 0 Å². The summed E-state index contributed by atoms with van der Waals surface area (Å²) in [6.07, 6.45) is 0.617. The maximum absolute atomic E-state index is 10.6. The second-order valence-electron chi connectivity index (χ2n) is 5.70. The van der Waals surface area contributed by atoms with E-state index in [-0.39, 0.29) is 6.04 Å². The van der Waals surface area contributed by atoms with Gasteiger partial charge < -0.3 is 14.7 Å². The normalized spacial score (nSPS) is 21.9. The molecule has 1 N–H and O–H groups in total. The average Bonchev–Trinajstić information content (AvgIpc) is 2.44. The van der Waals surface area contributed by atoms with Gasteiger partial charge in [-0.2, -0.15) is 0 Å². The second-order valence-corrected chi connectivity index (χ2v) is 5.70. The maximum Gasteiger partial charge on any atom is 0.125 e. The van der Waals surface area contributed by atoms with Gasteiger partial charge in [-0.05, 0) is 33.1 Å². The molecule has 4 nitrogen and oxygen atoms in total. The van der Waals surface area contributed by atoms with Gasteiger partial charge in [0.15, 0.2) is 0 Å². The SMILES string of the molecule is CCCN(CCN(C)C)C1COc2ccccc2C1O. The topological polar surface area (TPSA) is 35.9 Å².